The first kappa shape index (κ1) is 20.9. The number of anilines is 2. The summed E-state index contributed by atoms with van der Waals surface area (Å²) in [5, 5.41) is 16.3. The van der Waals surface area contributed by atoms with Crippen LogP contribution in [0.4, 0.5) is 11.4 Å². The summed E-state index contributed by atoms with van der Waals surface area (Å²) in [6.07, 6.45) is 1.49. The zero-order valence-corrected chi connectivity index (χ0v) is 17.6. The summed E-state index contributed by atoms with van der Waals surface area (Å²) < 4.78 is 1.86. The zero-order valence-electron chi connectivity index (χ0n) is 17.6. The van der Waals surface area contributed by atoms with Gasteiger partial charge in [0.25, 0.3) is 0 Å². The first-order valence-corrected chi connectivity index (χ1v) is 10.2. The molecule has 3 rings (SSSR count). The SMILES string of the molecule is Cc1nn(CCC#N)c(C)c1CCC(=O)Nc1ccc(N2CCN(C)CC2)cc1. The minimum Gasteiger partial charge on any atom is -0.369 e. The standard InChI is InChI=1S/C22H30N6O/c1-17-21(18(2)28(25-17)12-4-11-23)9-10-22(29)24-19-5-7-20(8-6-19)27-15-13-26(3)14-16-27/h5-8H,4,9-10,12-16H2,1-3H3,(H,24,29). The summed E-state index contributed by atoms with van der Waals surface area (Å²) in [6, 6.07) is 10.3. The molecular formula is C22H30N6O. The Kier molecular flexibility index (Phi) is 6.89. The molecule has 0 saturated carbocycles. The van der Waals surface area contributed by atoms with Crippen LogP contribution in [0, 0.1) is 25.2 Å². The molecular weight excluding hydrogens is 364 g/mol. The van der Waals surface area contributed by atoms with E-state index in [2.05, 4.69) is 45.5 Å². The Bertz CT molecular complexity index is 872. The van der Waals surface area contributed by atoms with Crippen molar-refractivity contribution in [2.75, 3.05) is 43.4 Å². The van der Waals surface area contributed by atoms with Crippen LogP contribution >= 0.6 is 0 Å². The van der Waals surface area contributed by atoms with Crippen LogP contribution in [0.15, 0.2) is 24.3 Å². The average molecular weight is 395 g/mol. The monoisotopic (exact) mass is 394 g/mol. The third-order valence-corrected chi connectivity index (χ3v) is 5.59. The molecule has 1 aromatic carbocycles. The number of likely N-dealkylation sites (N-methyl/N-ethyl adjacent to an activating group) is 1. The summed E-state index contributed by atoms with van der Waals surface area (Å²) in [5.74, 6) is 0.000854. The van der Waals surface area contributed by atoms with Crippen molar-refractivity contribution in [2.45, 2.75) is 39.7 Å². The normalized spacial score (nSPS) is 14.6. The Morgan fingerprint density at radius 2 is 1.86 bits per heavy atom. The quantitative estimate of drug-likeness (QED) is 0.781. The van der Waals surface area contributed by atoms with Crippen molar-refractivity contribution in [2.24, 2.45) is 0 Å². The van der Waals surface area contributed by atoms with Crippen molar-refractivity contribution in [3.05, 3.63) is 41.2 Å². The lowest BCUT2D eigenvalue weighted by atomic mass is 10.1. The molecule has 29 heavy (non-hydrogen) atoms. The van der Waals surface area contributed by atoms with Crippen molar-refractivity contribution in [3.63, 3.8) is 0 Å². The van der Waals surface area contributed by atoms with Gasteiger partial charge < -0.3 is 15.1 Å². The van der Waals surface area contributed by atoms with Gasteiger partial charge in [0.2, 0.25) is 5.91 Å². The van der Waals surface area contributed by atoms with Gasteiger partial charge in [-0.1, -0.05) is 0 Å². The lowest BCUT2D eigenvalue weighted by molar-refractivity contribution is -0.116. The molecule has 2 aromatic rings. The number of amides is 1. The Hall–Kier alpha value is -2.85. The van der Waals surface area contributed by atoms with Crippen molar-refractivity contribution in [1.82, 2.24) is 14.7 Å². The molecule has 7 nitrogen and oxygen atoms in total. The van der Waals surface area contributed by atoms with E-state index >= 15 is 0 Å². The Balaban J connectivity index is 1.52. The van der Waals surface area contributed by atoms with Crippen molar-refractivity contribution < 1.29 is 4.79 Å². The highest BCUT2D eigenvalue weighted by atomic mass is 16.1. The maximum Gasteiger partial charge on any atom is 0.224 e. The number of nitrogens with zero attached hydrogens (tertiary/aromatic N) is 5. The van der Waals surface area contributed by atoms with Gasteiger partial charge in [0.15, 0.2) is 0 Å². The lowest BCUT2D eigenvalue weighted by Gasteiger charge is -2.34. The summed E-state index contributed by atoms with van der Waals surface area (Å²) in [7, 11) is 2.15. The van der Waals surface area contributed by atoms with Crippen molar-refractivity contribution in [1.29, 1.82) is 5.26 Å². The fourth-order valence-corrected chi connectivity index (χ4v) is 3.75. The number of piperazine rings is 1. The molecule has 0 spiro atoms. The van der Waals surface area contributed by atoms with Crippen molar-refractivity contribution >= 4 is 17.3 Å². The van der Waals surface area contributed by atoms with E-state index in [0.29, 0.717) is 25.8 Å². The van der Waals surface area contributed by atoms with E-state index in [1.807, 2.05) is 30.7 Å². The van der Waals surface area contributed by atoms with E-state index in [0.717, 1.165) is 48.8 Å². The minimum absolute atomic E-state index is 0.000854. The number of hydrogen-bond acceptors (Lipinski definition) is 5. The number of nitrogens with one attached hydrogen (secondary N) is 1. The van der Waals surface area contributed by atoms with Crippen LogP contribution in [-0.4, -0.2) is 53.8 Å². The molecule has 1 fully saturated rings. The summed E-state index contributed by atoms with van der Waals surface area (Å²) in [4.78, 5) is 17.1. The number of benzene rings is 1. The fourth-order valence-electron chi connectivity index (χ4n) is 3.75. The third-order valence-electron chi connectivity index (χ3n) is 5.59. The number of carbonyl (C=O) groups excluding carboxylic acids is 1. The van der Waals surface area contributed by atoms with Gasteiger partial charge in [-0.25, -0.2) is 0 Å². The highest BCUT2D eigenvalue weighted by Gasteiger charge is 2.15. The van der Waals surface area contributed by atoms with E-state index in [1.54, 1.807) is 0 Å². The Morgan fingerprint density at radius 1 is 1.17 bits per heavy atom. The maximum atomic E-state index is 12.4. The van der Waals surface area contributed by atoms with Gasteiger partial charge in [0.05, 0.1) is 24.7 Å². The second-order valence-electron chi connectivity index (χ2n) is 7.67. The molecule has 1 saturated heterocycles. The molecule has 1 aliphatic rings. The molecule has 1 aromatic heterocycles. The zero-order chi connectivity index (χ0) is 20.8. The fraction of sp³-hybridized carbons (Fsp3) is 0.500. The second kappa shape index (κ2) is 9.57. The highest BCUT2D eigenvalue weighted by molar-refractivity contribution is 5.91. The van der Waals surface area contributed by atoms with Crippen LogP contribution < -0.4 is 10.2 Å². The second-order valence-corrected chi connectivity index (χ2v) is 7.67. The Morgan fingerprint density at radius 3 is 2.52 bits per heavy atom. The minimum atomic E-state index is 0.000854. The molecule has 0 aliphatic carbocycles. The molecule has 1 N–H and O–H groups in total. The van der Waals surface area contributed by atoms with Crippen LogP contribution in [0.25, 0.3) is 0 Å². The van der Waals surface area contributed by atoms with Gasteiger partial charge in [0.1, 0.15) is 0 Å². The topological polar surface area (TPSA) is 77.2 Å². The van der Waals surface area contributed by atoms with E-state index in [1.165, 1.54) is 5.69 Å². The number of aromatic nitrogens is 2. The van der Waals surface area contributed by atoms with E-state index < -0.39 is 0 Å². The number of hydrogen-bond donors (Lipinski definition) is 1. The number of aryl methyl sites for hydroxylation is 2. The molecule has 154 valence electrons. The number of nitriles is 1. The molecule has 0 radical (unpaired) electrons. The van der Waals surface area contributed by atoms with Crippen LogP contribution in [0.1, 0.15) is 29.8 Å². The van der Waals surface area contributed by atoms with E-state index in [9.17, 15) is 4.79 Å². The largest absolute Gasteiger partial charge is 0.369 e. The van der Waals surface area contributed by atoms with Crippen LogP contribution in [0.3, 0.4) is 0 Å². The molecule has 1 amide bonds. The maximum absolute atomic E-state index is 12.4. The molecule has 1 aliphatic heterocycles. The first-order chi connectivity index (χ1) is 14.0. The van der Waals surface area contributed by atoms with Gasteiger partial charge in [-0.2, -0.15) is 10.4 Å². The summed E-state index contributed by atoms with van der Waals surface area (Å²) >= 11 is 0. The van der Waals surface area contributed by atoms with Gasteiger partial charge in [-0.3, -0.25) is 9.48 Å². The lowest BCUT2D eigenvalue weighted by Crippen LogP contribution is -2.44. The Labute approximate surface area is 172 Å². The number of rotatable bonds is 7. The first-order valence-electron chi connectivity index (χ1n) is 10.2. The molecule has 0 bridgehead atoms. The van der Waals surface area contributed by atoms with Crippen LogP contribution in [0.2, 0.25) is 0 Å². The van der Waals surface area contributed by atoms with E-state index in [-0.39, 0.29) is 5.91 Å². The smallest absolute Gasteiger partial charge is 0.224 e. The molecule has 7 heteroatoms. The van der Waals surface area contributed by atoms with Crippen LogP contribution in [-0.2, 0) is 17.8 Å². The predicted octanol–water partition coefficient (Wildman–Crippen LogP) is 2.74. The summed E-state index contributed by atoms with van der Waals surface area (Å²) in [5.41, 5.74) is 5.11. The summed E-state index contributed by atoms with van der Waals surface area (Å²) in [6.45, 7) is 8.76. The molecule has 0 atom stereocenters. The molecule has 2 heterocycles. The number of carbonyl (C=O) groups is 1. The van der Waals surface area contributed by atoms with Gasteiger partial charge in [-0.15, -0.1) is 0 Å². The predicted molar refractivity (Wildman–Crippen MR) is 115 cm³/mol. The molecule has 0 unspecified atom stereocenters. The van der Waals surface area contributed by atoms with Gasteiger partial charge in [0, 0.05) is 49.7 Å². The van der Waals surface area contributed by atoms with E-state index in [4.69, 9.17) is 5.26 Å². The van der Waals surface area contributed by atoms with Gasteiger partial charge in [-0.05, 0) is 57.1 Å². The van der Waals surface area contributed by atoms with Gasteiger partial charge >= 0.3 is 0 Å². The highest BCUT2D eigenvalue weighted by Crippen LogP contribution is 2.20. The average Bonchev–Trinajstić information content (AvgIpc) is 2.99. The van der Waals surface area contributed by atoms with Crippen molar-refractivity contribution in [3.8, 4) is 6.07 Å². The third kappa shape index (κ3) is 5.36. The van der Waals surface area contributed by atoms with Crippen LogP contribution in [0.5, 0.6) is 0 Å².